The van der Waals surface area contributed by atoms with Crippen LogP contribution in [0.25, 0.3) is 0 Å². The molecular formula is C13H11ClN2O4S. The number of anilines is 1. The number of aromatic nitrogens is 1. The van der Waals surface area contributed by atoms with E-state index in [0.29, 0.717) is 10.6 Å². The SMILES string of the molecule is Cc1ccc(S(=O)(=O)Nc2cc(Cl)ccn2)cc1C(=O)O. The van der Waals surface area contributed by atoms with Crippen LogP contribution in [0.2, 0.25) is 5.02 Å². The molecule has 0 atom stereocenters. The lowest BCUT2D eigenvalue weighted by molar-refractivity contribution is 0.0696. The number of benzene rings is 1. The number of hydrogen-bond donors (Lipinski definition) is 2. The van der Waals surface area contributed by atoms with Crippen LogP contribution in [0, 0.1) is 6.92 Å². The van der Waals surface area contributed by atoms with Gasteiger partial charge in [-0.3, -0.25) is 4.72 Å². The van der Waals surface area contributed by atoms with Crippen LogP contribution in [-0.4, -0.2) is 24.5 Å². The van der Waals surface area contributed by atoms with Gasteiger partial charge in [0.05, 0.1) is 10.5 Å². The molecule has 0 aliphatic heterocycles. The van der Waals surface area contributed by atoms with Crippen molar-refractivity contribution < 1.29 is 18.3 Å². The molecule has 1 heterocycles. The van der Waals surface area contributed by atoms with E-state index >= 15 is 0 Å². The molecule has 0 spiro atoms. The van der Waals surface area contributed by atoms with Crippen LogP contribution in [0.3, 0.4) is 0 Å². The predicted molar refractivity (Wildman–Crippen MR) is 78.2 cm³/mol. The van der Waals surface area contributed by atoms with Crippen LogP contribution < -0.4 is 4.72 Å². The molecule has 0 amide bonds. The summed E-state index contributed by atoms with van der Waals surface area (Å²) in [5, 5.41) is 9.37. The van der Waals surface area contributed by atoms with E-state index in [1.807, 2.05) is 0 Å². The van der Waals surface area contributed by atoms with E-state index in [2.05, 4.69) is 9.71 Å². The first kappa shape index (κ1) is 15.3. The highest BCUT2D eigenvalue weighted by atomic mass is 35.5. The summed E-state index contributed by atoms with van der Waals surface area (Å²) in [5.74, 6) is -1.13. The molecule has 2 rings (SSSR count). The third kappa shape index (κ3) is 3.50. The Morgan fingerprint density at radius 1 is 1.29 bits per heavy atom. The van der Waals surface area contributed by atoms with E-state index in [1.54, 1.807) is 6.92 Å². The van der Waals surface area contributed by atoms with Crippen molar-refractivity contribution in [2.75, 3.05) is 4.72 Å². The molecule has 0 radical (unpaired) electrons. The molecule has 1 aromatic heterocycles. The molecular weight excluding hydrogens is 316 g/mol. The fourth-order valence-corrected chi connectivity index (χ4v) is 2.84. The van der Waals surface area contributed by atoms with Gasteiger partial charge in [-0.1, -0.05) is 17.7 Å². The summed E-state index contributed by atoms with van der Waals surface area (Å²) in [6.07, 6.45) is 1.36. The minimum absolute atomic E-state index is 0.0555. The first-order valence-electron chi connectivity index (χ1n) is 5.78. The number of nitrogens with zero attached hydrogens (tertiary/aromatic N) is 1. The minimum atomic E-state index is -3.94. The van der Waals surface area contributed by atoms with Gasteiger partial charge in [0.25, 0.3) is 10.0 Å². The van der Waals surface area contributed by atoms with Gasteiger partial charge in [0.2, 0.25) is 0 Å². The molecule has 2 aromatic rings. The maximum absolute atomic E-state index is 12.2. The number of carbonyl (C=O) groups is 1. The molecule has 0 unspecified atom stereocenters. The van der Waals surface area contributed by atoms with Crippen molar-refractivity contribution in [2.24, 2.45) is 0 Å². The number of hydrogen-bond acceptors (Lipinski definition) is 4. The molecule has 0 saturated heterocycles. The van der Waals surface area contributed by atoms with Gasteiger partial charge in [-0.25, -0.2) is 18.2 Å². The van der Waals surface area contributed by atoms with Gasteiger partial charge in [-0.15, -0.1) is 0 Å². The van der Waals surface area contributed by atoms with Crippen molar-refractivity contribution in [3.8, 4) is 0 Å². The normalized spacial score (nSPS) is 11.1. The highest BCUT2D eigenvalue weighted by Crippen LogP contribution is 2.19. The number of aromatic carboxylic acids is 1. The van der Waals surface area contributed by atoms with Crippen molar-refractivity contribution in [1.29, 1.82) is 0 Å². The second kappa shape index (κ2) is 5.71. The number of rotatable bonds is 4. The minimum Gasteiger partial charge on any atom is -0.478 e. The lowest BCUT2D eigenvalue weighted by atomic mass is 10.1. The van der Waals surface area contributed by atoms with E-state index in [4.69, 9.17) is 16.7 Å². The molecule has 0 bridgehead atoms. The molecule has 0 aliphatic rings. The molecule has 6 nitrogen and oxygen atoms in total. The number of halogens is 1. The number of carboxylic acids is 1. The number of pyridine rings is 1. The fourth-order valence-electron chi connectivity index (χ4n) is 1.66. The molecule has 2 N–H and O–H groups in total. The maximum atomic E-state index is 12.2. The molecule has 0 saturated carbocycles. The number of aryl methyl sites for hydroxylation is 1. The van der Waals surface area contributed by atoms with E-state index in [1.165, 1.54) is 30.5 Å². The monoisotopic (exact) mass is 326 g/mol. The molecule has 0 fully saturated rings. The van der Waals surface area contributed by atoms with Gasteiger partial charge in [0, 0.05) is 17.3 Å². The van der Waals surface area contributed by atoms with E-state index < -0.39 is 16.0 Å². The van der Waals surface area contributed by atoms with Crippen LogP contribution in [-0.2, 0) is 10.0 Å². The standard InChI is InChI=1S/C13H11ClN2O4S/c1-8-2-3-10(7-11(8)13(17)18)21(19,20)16-12-6-9(14)4-5-15-12/h2-7H,1H3,(H,15,16)(H,17,18). The maximum Gasteiger partial charge on any atom is 0.335 e. The summed E-state index contributed by atoms with van der Waals surface area (Å²) in [4.78, 5) is 14.7. The van der Waals surface area contributed by atoms with Gasteiger partial charge in [0.1, 0.15) is 5.82 Å². The fraction of sp³-hybridized carbons (Fsp3) is 0.0769. The van der Waals surface area contributed by atoms with Crippen molar-refractivity contribution in [3.05, 3.63) is 52.7 Å². The van der Waals surface area contributed by atoms with Crippen LogP contribution in [0.4, 0.5) is 5.82 Å². The van der Waals surface area contributed by atoms with Crippen molar-refractivity contribution in [1.82, 2.24) is 4.98 Å². The van der Waals surface area contributed by atoms with E-state index in [-0.39, 0.29) is 16.3 Å². The van der Waals surface area contributed by atoms with E-state index in [0.717, 1.165) is 6.07 Å². The number of carboxylic acid groups (broad SMARTS) is 1. The highest BCUT2D eigenvalue weighted by molar-refractivity contribution is 7.92. The Kier molecular flexibility index (Phi) is 4.15. The second-order valence-electron chi connectivity index (χ2n) is 4.25. The average molecular weight is 327 g/mol. The summed E-state index contributed by atoms with van der Waals surface area (Å²) in [6.45, 7) is 1.59. The Bertz CT molecular complexity index is 806. The Hall–Kier alpha value is -2.12. The molecule has 110 valence electrons. The third-order valence-electron chi connectivity index (χ3n) is 2.71. The van der Waals surface area contributed by atoms with Crippen molar-refractivity contribution in [2.45, 2.75) is 11.8 Å². The van der Waals surface area contributed by atoms with Gasteiger partial charge in [0.15, 0.2) is 0 Å². The Morgan fingerprint density at radius 2 is 2.00 bits per heavy atom. The van der Waals surface area contributed by atoms with Crippen LogP contribution in [0.1, 0.15) is 15.9 Å². The molecule has 0 aliphatic carbocycles. The molecule has 1 aromatic carbocycles. The number of sulfonamides is 1. The third-order valence-corrected chi connectivity index (χ3v) is 4.30. The summed E-state index contributed by atoms with van der Waals surface area (Å²) >= 11 is 5.75. The van der Waals surface area contributed by atoms with Gasteiger partial charge < -0.3 is 5.11 Å². The lowest BCUT2D eigenvalue weighted by Gasteiger charge is -2.09. The summed E-state index contributed by atoms with van der Waals surface area (Å²) in [5.41, 5.74) is 0.402. The quantitative estimate of drug-likeness (QED) is 0.900. The summed E-state index contributed by atoms with van der Waals surface area (Å²) in [7, 11) is -3.94. The average Bonchev–Trinajstić information content (AvgIpc) is 2.38. The predicted octanol–water partition coefficient (Wildman–Crippen LogP) is 2.54. The van der Waals surface area contributed by atoms with Gasteiger partial charge >= 0.3 is 5.97 Å². The van der Waals surface area contributed by atoms with Crippen LogP contribution in [0.5, 0.6) is 0 Å². The Morgan fingerprint density at radius 3 is 2.62 bits per heavy atom. The zero-order valence-electron chi connectivity index (χ0n) is 10.9. The first-order chi connectivity index (χ1) is 9.79. The van der Waals surface area contributed by atoms with Crippen molar-refractivity contribution in [3.63, 3.8) is 0 Å². The number of nitrogens with one attached hydrogen (secondary N) is 1. The zero-order chi connectivity index (χ0) is 15.6. The topological polar surface area (TPSA) is 96.4 Å². The van der Waals surface area contributed by atoms with Gasteiger partial charge in [-0.05, 0) is 30.7 Å². The van der Waals surface area contributed by atoms with Crippen molar-refractivity contribution >= 4 is 33.4 Å². The van der Waals surface area contributed by atoms with E-state index in [9.17, 15) is 13.2 Å². The second-order valence-corrected chi connectivity index (χ2v) is 6.37. The van der Waals surface area contributed by atoms with Crippen LogP contribution >= 0.6 is 11.6 Å². The largest absolute Gasteiger partial charge is 0.478 e. The Labute approximate surface area is 126 Å². The van der Waals surface area contributed by atoms with Crippen LogP contribution in [0.15, 0.2) is 41.4 Å². The molecule has 8 heteroatoms. The smallest absolute Gasteiger partial charge is 0.335 e. The van der Waals surface area contributed by atoms with Gasteiger partial charge in [-0.2, -0.15) is 0 Å². The summed E-state index contributed by atoms with van der Waals surface area (Å²) in [6, 6.07) is 6.72. The Balaban J connectivity index is 2.40. The highest BCUT2D eigenvalue weighted by Gasteiger charge is 2.18. The molecule has 21 heavy (non-hydrogen) atoms. The zero-order valence-corrected chi connectivity index (χ0v) is 12.4. The first-order valence-corrected chi connectivity index (χ1v) is 7.64. The summed E-state index contributed by atoms with van der Waals surface area (Å²) < 4.78 is 26.7. The lowest BCUT2D eigenvalue weighted by Crippen LogP contribution is -2.15.